The van der Waals surface area contributed by atoms with Crippen LogP contribution < -0.4 is 4.74 Å². The summed E-state index contributed by atoms with van der Waals surface area (Å²) in [5, 5.41) is 1.75. The van der Waals surface area contributed by atoms with Gasteiger partial charge in [0.15, 0.2) is 6.79 Å². The number of ether oxygens (including phenoxy) is 2. The molecule has 0 aliphatic carbocycles. The van der Waals surface area contributed by atoms with Gasteiger partial charge in [-0.25, -0.2) is 4.39 Å². The van der Waals surface area contributed by atoms with Crippen LogP contribution >= 0.6 is 22.6 Å². The molecular formula is C17H16FIO2. The summed E-state index contributed by atoms with van der Waals surface area (Å²) in [5.41, 5.74) is 0.462. The van der Waals surface area contributed by atoms with Gasteiger partial charge >= 0.3 is 0 Å². The summed E-state index contributed by atoms with van der Waals surface area (Å²) in [7, 11) is 1.57. The highest BCUT2D eigenvalue weighted by Crippen LogP contribution is 2.30. The molecule has 0 N–H and O–H groups in total. The Kier molecular flexibility index (Phi) is 5.83. The van der Waals surface area contributed by atoms with Crippen LogP contribution in [0.25, 0.3) is 10.8 Å². The van der Waals surface area contributed by atoms with E-state index in [4.69, 9.17) is 9.47 Å². The summed E-state index contributed by atoms with van der Waals surface area (Å²) < 4.78 is 25.3. The van der Waals surface area contributed by atoms with Crippen molar-refractivity contribution in [3.8, 4) is 17.6 Å². The molecule has 2 nitrogen and oxygen atoms in total. The normalized spacial score (nSPS) is 10.3. The van der Waals surface area contributed by atoms with E-state index in [1.165, 1.54) is 6.07 Å². The first kappa shape index (κ1) is 16.1. The van der Waals surface area contributed by atoms with Crippen LogP contribution in [0.2, 0.25) is 0 Å². The molecule has 0 aliphatic heterocycles. The Morgan fingerprint density at radius 2 is 2.10 bits per heavy atom. The van der Waals surface area contributed by atoms with Gasteiger partial charge < -0.3 is 9.47 Å². The second kappa shape index (κ2) is 7.62. The predicted molar refractivity (Wildman–Crippen MR) is 90.9 cm³/mol. The molecule has 0 amide bonds. The van der Waals surface area contributed by atoms with Gasteiger partial charge in [-0.3, -0.25) is 0 Å². The quantitative estimate of drug-likeness (QED) is 0.422. The van der Waals surface area contributed by atoms with Crippen molar-refractivity contribution < 1.29 is 13.9 Å². The van der Waals surface area contributed by atoms with Gasteiger partial charge in [-0.05, 0) is 52.6 Å². The Bertz CT molecular complexity index is 701. The highest BCUT2D eigenvalue weighted by atomic mass is 127. The smallest absolute Gasteiger partial charge is 0.188 e. The van der Waals surface area contributed by atoms with E-state index in [-0.39, 0.29) is 12.6 Å². The van der Waals surface area contributed by atoms with E-state index in [1.807, 2.05) is 12.1 Å². The fraction of sp³-hybridized carbons (Fsp3) is 0.294. The molecule has 0 bridgehead atoms. The van der Waals surface area contributed by atoms with Gasteiger partial charge in [0.2, 0.25) is 0 Å². The third-order valence-electron chi connectivity index (χ3n) is 2.92. The number of benzene rings is 2. The summed E-state index contributed by atoms with van der Waals surface area (Å²) in [6.45, 7) is 2.24. The average Bonchev–Trinajstić information content (AvgIpc) is 2.47. The Morgan fingerprint density at radius 1 is 1.29 bits per heavy atom. The zero-order valence-electron chi connectivity index (χ0n) is 12.0. The second-order valence-electron chi connectivity index (χ2n) is 4.53. The van der Waals surface area contributed by atoms with Crippen molar-refractivity contribution in [1.29, 1.82) is 0 Å². The molecule has 0 saturated heterocycles. The first-order chi connectivity index (χ1) is 10.2. The number of rotatable bonds is 4. The lowest BCUT2D eigenvalue weighted by Crippen LogP contribution is -1.99. The molecule has 4 heteroatoms. The molecule has 2 rings (SSSR count). The lowest BCUT2D eigenvalue weighted by atomic mass is 10.0. The Labute approximate surface area is 137 Å². The van der Waals surface area contributed by atoms with E-state index in [0.29, 0.717) is 11.3 Å². The zero-order chi connectivity index (χ0) is 15.2. The molecule has 21 heavy (non-hydrogen) atoms. The minimum atomic E-state index is -0.283. The third kappa shape index (κ3) is 3.86. The average molecular weight is 398 g/mol. The summed E-state index contributed by atoms with van der Waals surface area (Å²) >= 11 is 2.18. The SMILES string of the molecule is CCCC#Cc1c(F)ccc2cc(OCOC)cc(I)c12. The minimum Gasteiger partial charge on any atom is -0.468 e. The first-order valence-corrected chi connectivity index (χ1v) is 7.77. The van der Waals surface area contributed by atoms with Gasteiger partial charge in [0, 0.05) is 22.5 Å². The van der Waals surface area contributed by atoms with Gasteiger partial charge in [0.25, 0.3) is 0 Å². The third-order valence-corrected chi connectivity index (χ3v) is 3.77. The van der Waals surface area contributed by atoms with E-state index in [9.17, 15) is 4.39 Å². The summed E-state index contributed by atoms with van der Waals surface area (Å²) in [5.74, 6) is 6.40. The van der Waals surface area contributed by atoms with Crippen molar-refractivity contribution in [3.05, 3.63) is 39.2 Å². The molecular weight excluding hydrogens is 382 g/mol. The Hall–Kier alpha value is -1.32. The van der Waals surface area contributed by atoms with E-state index in [2.05, 4.69) is 41.4 Å². The van der Waals surface area contributed by atoms with Crippen molar-refractivity contribution in [2.24, 2.45) is 0 Å². The monoisotopic (exact) mass is 398 g/mol. The highest BCUT2D eigenvalue weighted by Gasteiger charge is 2.11. The molecule has 0 aromatic heterocycles. The van der Waals surface area contributed by atoms with E-state index >= 15 is 0 Å². The lowest BCUT2D eigenvalue weighted by Gasteiger charge is -2.10. The number of fused-ring (bicyclic) bond motifs is 1. The number of unbranched alkanes of at least 4 members (excludes halogenated alkanes) is 1. The van der Waals surface area contributed by atoms with Crippen LogP contribution in [0, 0.1) is 21.2 Å². The molecule has 0 radical (unpaired) electrons. The van der Waals surface area contributed by atoms with Crippen LogP contribution in [0.15, 0.2) is 24.3 Å². The molecule has 0 fully saturated rings. The topological polar surface area (TPSA) is 18.5 Å². The van der Waals surface area contributed by atoms with Gasteiger partial charge in [-0.15, -0.1) is 0 Å². The van der Waals surface area contributed by atoms with Crippen molar-refractivity contribution in [1.82, 2.24) is 0 Å². The van der Waals surface area contributed by atoms with Crippen molar-refractivity contribution in [2.75, 3.05) is 13.9 Å². The molecule has 0 unspecified atom stereocenters. The van der Waals surface area contributed by atoms with Gasteiger partial charge in [-0.2, -0.15) is 0 Å². The zero-order valence-corrected chi connectivity index (χ0v) is 14.2. The van der Waals surface area contributed by atoms with Gasteiger partial charge in [-0.1, -0.05) is 24.8 Å². The standard InChI is InChI=1S/C17H16FIO2/c1-3-4-5-6-14-15(18)8-7-12-9-13(21-11-20-2)10-16(19)17(12)14/h7-10H,3-4,11H2,1-2H3. The highest BCUT2D eigenvalue weighted by molar-refractivity contribution is 14.1. The van der Waals surface area contributed by atoms with E-state index in [0.717, 1.165) is 27.2 Å². The van der Waals surface area contributed by atoms with E-state index < -0.39 is 0 Å². The fourth-order valence-electron chi connectivity index (χ4n) is 1.97. The lowest BCUT2D eigenvalue weighted by molar-refractivity contribution is 0.0512. The van der Waals surface area contributed by atoms with E-state index in [1.54, 1.807) is 13.2 Å². The number of hydrogen-bond acceptors (Lipinski definition) is 2. The molecule has 0 heterocycles. The number of halogens is 2. The van der Waals surface area contributed by atoms with Crippen molar-refractivity contribution in [3.63, 3.8) is 0 Å². The van der Waals surface area contributed by atoms with Crippen molar-refractivity contribution >= 4 is 33.4 Å². The maximum atomic E-state index is 14.1. The molecule has 110 valence electrons. The summed E-state index contributed by atoms with van der Waals surface area (Å²) in [4.78, 5) is 0. The Balaban J connectivity index is 2.54. The largest absolute Gasteiger partial charge is 0.468 e. The number of hydrogen-bond donors (Lipinski definition) is 0. The van der Waals surface area contributed by atoms with Crippen LogP contribution in [0.4, 0.5) is 4.39 Å². The fourth-order valence-corrected chi connectivity index (χ4v) is 2.86. The number of methoxy groups -OCH3 is 1. The van der Waals surface area contributed by atoms with Crippen LogP contribution in [-0.2, 0) is 4.74 Å². The summed E-state index contributed by atoms with van der Waals surface area (Å²) in [6, 6.07) is 6.94. The van der Waals surface area contributed by atoms with Crippen LogP contribution in [0.5, 0.6) is 5.75 Å². The Morgan fingerprint density at radius 3 is 2.81 bits per heavy atom. The predicted octanol–water partition coefficient (Wildman–Crippen LogP) is 4.72. The minimum absolute atomic E-state index is 0.186. The maximum absolute atomic E-state index is 14.1. The van der Waals surface area contributed by atoms with Crippen LogP contribution in [0.1, 0.15) is 25.3 Å². The molecule has 0 atom stereocenters. The van der Waals surface area contributed by atoms with Crippen LogP contribution in [-0.4, -0.2) is 13.9 Å². The molecule has 2 aromatic carbocycles. The maximum Gasteiger partial charge on any atom is 0.188 e. The first-order valence-electron chi connectivity index (χ1n) is 6.69. The molecule has 0 saturated carbocycles. The van der Waals surface area contributed by atoms with Crippen molar-refractivity contribution in [2.45, 2.75) is 19.8 Å². The van der Waals surface area contributed by atoms with Gasteiger partial charge in [0.1, 0.15) is 11.6 Å². The molecule has 0 spiro atoms. The van der Waals surface area contributed by atoms with Crippen LogP contribution in [0.3, 0.4) is 0 Å². The van der Waals surface area contributed by atoms with Gasteiger partial charge in [0.05, 0.1) is 5.56 Å². The molecule has 2 aromatic rings. The second-order valence-corrected chi connectivity index (χ2v) is 5.69. The summed E-state index contributed by atoms with van der Waals surface area (Å²) in [6.07, 6.45) is 1.73. The molecule has 0 aliphatic rings.